The third-order valence-electron chi connectivity index (χ3n) is 6.34. The molecule has 1 unspecified atom stereocenters. The van der Waals surface area contributed by atoms with E-state index in [4.69, 9.17) is 4.74 Å². The Bertz CT molecular complexity index is 1380. The summed E-state index contributed by atoms with van der Waals surface area (Å²) >= 11 is 0. The van der Waals surface area contributed by atoms with E-state index in [9.17, 15) is 18.0 Å². The largest absolute Gasteiger partial charge is 0.495 e. The summed E-state index contributed by atoms with van der Waals surface area (Å²) in [5, 5.41) is 2.95. The van der Waals surface area contributed by atoms with Gasteiger partial charge >= 0.3 is 0 Å². The first-order valence-corrected chi connectivity index (χ1v) is 14.6. The fourth-order valence-electron chi connectivity index (χ4n) is 4.34. The third-order valence-corrected chi connectivity index (χ3v) is 7.46. The summed E-state index contributed by atoms with van der Waals surface area (Å²) in [6, 6.07) is 22.7. The molecule has 8 nitrogen and oxygen atoms in total. The van der Waals surface area contributed by atoms with Gasteiger partial charge in [-0.2, -0.15) is 0 Å². The SMILES string of the molecule is COc1ccccc1N(CC(=O)N(Cc1ccccc1C)C(Cc1ccccc1)C(=O)NC(C)C)S(C)(=O)=O. The number of nitrogens with one attached hydrogen (secondary N) is 1. The second kappa shape index (κ2) is 13.3. The van der Waals surface area contributed by atoms with Crippen molar-refractivity contribution in [3.8, 4) is 5.75 Å². The fourth-order valence-corrected chi connectivity index (χ4v) is 5.19. The Hall–Kier alpha value is -3.85. The van der Waals surface area contributed by atoms with Crippen LogP contribution in [-0.4, -0.2) is 57.1 Å². The number of anilines is 1. The Morgan fingerprint density at radius 1 is 0.923 bits per heavy atom. The number of ether oxygens (including phenoxy) is 1. The molecule has 0 aliphatic heterocycles. The zero-order valence-corrected chi connectivity index (χ0v) is 23.9. The first kappa shape index (κ1) is 29.7. The molecular weight excluding hydrogens is 514 g/mol. The molecule has 0 aliphatic rings. The van der Waals surface area contributed by atoms with Crippen molar-refractivity contribution in [2.24, 2.45) is 0 Å². The van der Waals surface area contributed by atoms with Crippen LogP contribution in [0.2, 0.25) is 0 Å². The lowest BCUT2D eigenvalue weighted by molar-refractivity contribution is -0.140. The van der Waals surface area contributed by atoms with Crippen LogP contribution in [0.3, 0.4) is 0 Å². The molecule has 0 aliphatic carbocycles. The summed E-state index contributed by atoms with van der Waals surface area (Å²) in [6.45, 7) is 5.30. The Morgan fingerprint density at radius 2 is 1.54 bits per heavy atom. The summed E-state index contributed by atoms with van der Waals surface area (Å²) in [5.41, 5.74) is 2.96. The number of hydrogen-bond acceptors (Lipinski definition) is 5. The van der Waals surface area contributed by atoms with Crippen LogP contribution in [0.15, 0.2) is 78.9 Å². The van der Waals surface area contributed by atoms with Crippen LogP contribution in [-0.2, 0) is 32.6 Å². The molecule has 0 radical (unpaired) electrons. The Balaban J connectivity index is 2.09. The van der Waals surface area contributed by atoms with E-state index in [2.05, 4.69) is 5.32 Å². The van der Waals surface area contributed by atoms with Crippen molar-refractivity contribution in [1.82, 2.24) is 10.2 Å². The number of methoxy groups -OCH3 is 1. The average Bonchev–Trinajstić information content (AvgIpc) is 2.89. The number of carbonyl (C=O) groups excluding carboxylic acids is 2. The molecular formula is C30H37N3O5S. The van der Waals surface area contributed by atoms with Gasteiger partial charge in [0.25, 0.3) is 0 Å². The minimum Gasteiger partial charge on any atom is -0.495 e. The Morgan fingerprint density at radius 3 is 2.15 bits per heavy atom. The van der Waals surface area contributed by atoms with Gasteiger partial charge in [-0.25, -0.2) is 8.42 Å². The highest BCUT2D eigenvalue weighted by atomic mass is 32.2. The van der Waals surface area contributed by atoms with Gasteiger partial charge in [-0.1, -0.05) is 66.7 Å². The number of rotatable bonds is 12. The Labute approximate surface area is 231 Å². The van der Waals surface area contributed by atoms with E-state index in [1.165, 1.54) is 12.0 Å². The van der Waals surface area contributed by atoms with Crippen LogP contribution < -0.4 is 14.4 Å². The lowest BCUT2D eigenvalue weighted by Crippen LogP contribution is -2.54. The van der Waals surface area contributed by atoms with Crippen LogP contribution in [0.5, 0.6) is 5.75 Å². The molecule has 1 atom stereocenters. The highest BCUT2D eigenvalue weighted by Gasteiger charge is 2.34. The van der Waals surface area contributed by atoms with E-state index in [1.54, 1.807) is 24.3 Å². The molecule has 3 aromatic carbocycles. The number of amides is 2. The molecule has 3 aromatic rings. The van der Waals surface area contributed by atoms with E-state index >= 15 is 0 Å². The number of nitrogens with zero attached hydrogens (tertiary/aromatic N) is 2. The Kier molecular flexibility index (Phi) is 10.1. The summed E-state index contributed by atoms with van der Waals surface area (Å²) in [7, 11) is -2.44. The van der Waals surface area contributed by atoms with Gasteiger partial charge in [-0.05, 0) is 49.6 Å². The molecule has 0 bridgehead atoms. The summed E-state index contributed by atoms with van der Waals surface area (Å²) < 4.78 is 32.3. The molecule has 39 heavy (non-hydrogen) atoms. The summed E-state index contributed by atoms with van der Waals surface area (Å²) in [4.78, 5) is 29.2. The van der Waals surface area contributed by atoms with Gasteiger partial charge in [0.15, 0.2) is 0 Å². The predicted molar refractivity (Wildman–Crippen MR) is 154 cm³/mol. The van der Waals surface area contributed by atoms with Gasteiger partial charge in [0.1, 0.15) is 18.3 Å². The minimum atomic E-state index is -3.88. The molecule has 1 N–H and O–H groups in total. The van der Waals surface area contributed by atoms with Crippen molar-refractivity contribution in [3.63, 3.8) is 0 Å². The predicted octanol–water partition coefficient (Wildman–Crippen LogP) is 3.93. The van der Waals surface area contributed by atoms with Gasteiger partial charge in [0.05, 0.1) is 19.1 Å². The fraction of sp³-hybridized carbons (Fsp3) is 0.333. The number of carbonyl (C=O) groups is 2. The molecule has 208 valence electrons. The first-order chi connectivity index (χ1) is 18.5. The van der Waals surface area contributed by atoms with E-state index in [0.717, 1.165) is 27.3 Å². The molecule has 0 fully saturated rings. The number of hydrogen-bond donors (Lipinski definition) is 1. The van der Waals surface area contributed by atoms with Crippen LogP contribution >= 0.6 is 0 Å². The van der Waals surface area contributed by atoms with Crippen LogP contribution in [0.4, 0.5) is 5.69 Å². The second-order valence-corrected chi connectivity index (χ2v) is 11.7. The van der Waals surface area contributed by atoms with E-state index in [-0.39, 0.29) is 30.6 Å². The number of aryl methyl sites for hydroxylation is 1. The topological polar surface area (TPSA) is 96.0 Å². The van der Waals surface area contributed by atoms with Crippen molar-refractivity contribution >= 4 is 27.5 Å². The first-order valence-electron chi connectivity index (χ1n) is 12.8. The average molecular weight is 552 g/mol. The van der Waals surface area contributed by atoms with Gasteiger partial charge in [-0.3, -0.25) is 13.9 Å². The maximum absolute atomic E-state index is 14.1. The molecule has 0 spiro atoms. The normalized spacial score (nSPS) is 12.1. The quantitative estimate of drug-likeness (QED) is 0.368. The van der Waals surface area contributed by atoms with E-state index in [0.29, 0.717) is 5.75 Å². The molecule has 0 aromatic heterocycles. The van der Waals surface area contributed by atoms with E-state index in [1.807, 2.05) is 75.4 Å². The van der Waals surface area contributed by atoms with Crippen molar-refractivity contribution < 1.29 is 22.7 Å². The van der Waals surface area contributed by atoms with Crippen molar-refractivity contribution in [1.29, 1.82) is 0 Å². The monoisotopic (exact) mass is 551 g/mol. The zero-order valence-electron chi connectivity index (χ0n) is 23.1. The minimum absolute atomic E-state index is 0.137. The van der Waals surface area contributed by atoms with E-state index < -0.39 is 28.5 Å². The van der Waals surface area contributed by atoms with Gasteiger partial charge in [0.2, 0.25) is 21.8 Å². The number of benzene rings is 3. The van der Waals surface area contributed by atoms with Crippen LogP contribution in [0.25, 0.3) is 0 Å². The number of sulfonamides is 1. The van der Waals surface area contributed by atoms with Crippen LogP contribution in [0, 0.1) is 6.92 Å². The highest BCUT2D eigenvalue weighted by Crippen LogP contribution is 2.30. The number of para-hydroxylation sites is 2. The molecule has 9 heteroatoms. The van der Waals surface area contributed by atoms with Crippen LogP contribution in [0.1, 0.15) is 30.5 Å². The molecule has 0 saturated heterocycles. The molecule has 3 rings (SSSR count). The molecule has 0 saturated carbocycles. The molecule has 0 heterocycles. The van der Waals surface area contributed by atoms with Gasteiger partial charge in [0, 0.05) is 19.0 Å². The van der Waals surface area contributed by atoms with Crippen molar-refractivity contribution in [3.05, 3.63) is 95.6 Å². The van der Waals surface area contributed by atoms with Gasteiger partial charge in [-0.15, -0.1) is 0 Å². The second-order valence-electron chi connectivity index (χ2n) is 9.76. The summed E-state index contributed by atoms with van der Waals surface area (Å²) in [5.74, 6) is -0.493. The van der Waals surface area contributed by atoms with Gasteiger partial charge < -0.3 is 15.0 Å². The summed E-state index contributed by atoms with van der Waals surface area (Å²) in [6.07, 6.45) is 1.32. The lowest BCUT2D eigenvalue weighted by atomic mass is 10.0. The maximum atomic E-state index is 14.1. The lowest BCUT2D eigenvalue weighted by Gasteiger charge is -2.34. The standard InChI is InChI=1S/C30H37N3O5S/c1-22(2)31-30(35)27(19-24-14-7-6-8-15-24)32(20-25-16-10-9-13-23(25)3)29(34)21-33(39(5,36)37)26-17-11-12-18-28(26)38-4/h6-18,22,27H,19-21H2,1-5H3,(H,31,35). The zero-order chi connectivity index (χ0) is 28.6. The van der Waals surface area contributed by atoms with Crippen molar-refractivity contribution in [2.45, 2.75) is 45.8 Å². The third kappa shape index (κ3) is 8.07. The molecule has 2 amide bonds. The maximum Gasteiger partial charge on any atom is 0.244 e. The highest BCUT2D eigenvalue weighted by molar-refractivity contribution is 7.92. The van der Waals surface area contributed by atoms with Crippen molar-refractivity contribution in [2.75, 3.05) is 24.2 Å². The smallest absolute Gasteiger partial charge is 0.244 e.